The summed E-state index contributed by atoms with van der Waals surface area (Å²) in [6, 6.07) is 0. The van der Waals surface area contributed by atoms with Crippen molar-refractivity contribution in [1.29, 1.82) is 0 Å². The van der Waals surface area contributed by atoms with Gasteiger partial charge in [-0.2, -0.15) is 0 Å². The largest absolute Gasteiger partial charge is 0.472 e. The van der Waals surface area contributed by atoms with E-state index in [2.05, 4.69) is 9.97 Å². The fourth-order valence-electron chi connectivity index (χ4n) is 1.39. The summed E-state index contributed by atoms with van der Waals surface area (Å²) in [4.78, 5) is 7.78. The van der Waals surface area contributed by atoms with Crippen molar-refractivity contribution >= 4 is 0 Å². The molecule has 0 aromatic carbocycles. The molecule has 1 aliphatic rings. The van der Waals surface area contributed by atoms with E-state index >= 15 is 0 Å². The normalized spacial score (nSPS) is 15.5. The maximum absolute atomic E-state index is 13.6. The van der Waals surface area contributed by atoms with Crippen molar-refractivity contribution in [3.63, 3.8) is 0 Å². The SMILES string of the molecule is NC1=CC(COc2cnccn2)=C(F)CC=C1. The highest BCUT2D eigenvalue weighted by Gasteiger charge is 2.08. The number of hydrogen-bond donors (Lipinski definition) is 1. The fraction of sp³-hybridized carbons (Fsp3) is 0.167. The molecule has 0 bridgehead atoms. The van der Waals surface area contributed by atoms with Crippen molar-refractivity contribution in [2.45, 2.75) is 6.42 Å². The standard InChI is InChI=1S/C12H12FN3O/c13-11-3-1-2-10(14)6-9(11)8-17-12-7-15-4-5-16-12/h1-2,4-7H,3,8,14H2. The van der Waals surface area contributed by atoms with Crippen LogP contribution >= 0.6 is 0 Å². The minimum absolute atomic E-state index is 0.0902. The maximum Gasteiger partial charge on any atom is 0.232 e. The zero-order valence-electron chi connectivity index (χ0n) is 9.14. The second-order valence-corrected chi connectivity index (χ2v) is 3.51. The van der Waals surface area contributed by atoms with Crippen LogP contribution in [0.25, 0.3) is 0 Å². The summed E-state index contributed by atoms with van der Waals surface area (Å²) < 4.78 is 18.9. The Morgan fingerprint density at radius 2 is 2.29 bits per heavy atom. The lowest BCUT2D eigenvalue weighted by molar-refractivity contribution is 0.335. The molecule has 0 aliphatic heterocycles. The van der Waals surface area contributed by atoms with Gasteiger partial charge in [0.05, 0.1) is 6.20 Å². The summed E-state index contributed by atoms with van der Waals surface area (Å²) in [5.74, 6) is 0.113. The lowest BCUT2D eigenvalue weighted by Gasteiger charge is -2.06. The van der Waals surface area contributed by atoms with Crippen LogP contribution in [0.15, 0.2) is 53.9 Å². The Labute approximate surface area is 98.3 Å². The molecule has 2 rings (SSSR count). The zero-order chi connectivity index (χ0) is 12.1. The number of ether oxygens (including phenoxy) is 1. The van der Waals surface area contributed by atoms with Crippen molar-refractivity contribution in [3.05, 3.63) is 53.9 Å². The van der Waals surface area contributed by atoms with Gasteiger partial charge in [-0.05, 0) is 12.2 Å². The summed E-state index contributed by atoms with van der Waals surface area (Å²) in [5, 5.41) is 0. The topological polar surface area (TPSA) is 61.0 Å². The predicted octanol–water partition coefficient (Wildman–Crippen LogP) is 1.88. The van der Waals surface area contributed by atoms with Gasteiger partial charge in [0.15, 0.2) is 0 Å². The van der Waals surface area contributed by atoms with Gasteiger partial charge >= 0.3 is 0 Å². The zero-order valence-corrected chi connectivity index (χ0v) is 9.14. The number of allylic oxidation sites excluding steroid dienone is 3. The van der Waals surface area contributed by atoms with E-state index in [1.54, 1.807) is 24.4 Å². The van der Waals surface area contributed by atoms with E-state index in [1.807, 2.05) is 0 Å². The number of nitrogens with zero attached hydrogens (tertiary/aromatic N) is 2. The highest BCUT2D eigenvalue weighted by Crippen LogP contribution is 2.18. The van der Waals surface area contributed by atoms with Gasteiger partial charge in [-0.25, -0.2) is 9.37 Å². The number of rotatable bonds is 3. The average Bonchev–Trinajstić information content (AvgIpc) is 2.50. The second kappa shape index (κ2) is 5.25. The number of hydrogen-bond acceptors (Lipinski definition) is 4. The van der Waals surface area contributed by atoms with Gasteiger partial charge in [0.25, 0.3) is 0 Å². The second-order valence-electron chi connectivity index (χ2n) is 3.51. The van der Waals surface area contributed by atoms with Gasteiger partial charge in [0.1, 0.15) is 12.4 Å². The molecule has 4 nitrogen and oxygen atoms in total. The summed E-state index contributed by atoms with van der Waals surface area (Å²) in [6.07, 6.45) is 9.68. The van der Waals surface area contributed by atoms with E-state index < -0.39 is 0 Å². The summed E-state index contributed by atoms with van der Waals surface area (Å²) in [6.45, 7) is 0.0902. The molecule has 1 heterocycles. The van der Waals surface area contributed by atoms with Crippen LogP contribution in [0, 0.1) is 0 Å². The van der Waals surface area contributed by atoms with Crippen LogP contribution in [-0.2, 0) is 0 Å². The van der Waals surface area contributed by atoms with E-state index in [0.29, 0.717) is 17.2 Å². The van der Waals surface area contributed by atoms with Crippen molar-refractivity contribution in [1.82, 2.24) is 9.97 Å². The first-order valence-corrected chi connectivity index (χ1v) is 5.16. The van der Waals surface area contributed by atoms with E-state index in [4.69, 9.17) is 10.5 Å². The smallest absolute Gasteiger partial charge is 0.232 e. The van der Waals surface area contributed by atoms with Crippen molar-refractivity contribution in [3.8, 4) is 5.88 Å². The highest BCUT2D eigenvalue weighted by molar-refractivity contribution is 5.34. The summed E-state index contributed by atoms with van der Waals surface area (Å²) in [7, 11) is 0. The predicted molar refractivity (Wildman–Crippen MR) is 61.7 cm³/mol. The quantitative estimate of drug-likeness (QED) is 0.865. The molecule has 0 saturated heterocycles. The molecule has 0 radical (unpaired) electrons. The van der Waals surface area contributed by atoms with E-state index in [1.165, 1.54) is 12.4 Å². The molecule has 1 aromatic rings. The summed E-state index contributed by atoms with van der Waals surface area (Å²) >= 11 is 0. The number of aromatic nitrogens is 2. The van der Waals surface area contributed by atoms with Crippen LogP contribution in [-0.4, -0.2) is 16.6 Å². The van der Waals surface area contributed by atoms with Crippen molar-refractivity contribution in [2.24, 2.45) is 5.73 Å². The van der Waals surface area contributed by atoms with E-state index in [0.717, 1.165) is 0 Å². The minimum atomic E-state index is -0.245. The Balaban J connectivity index is 2.06. The van der Waals surface area contributed by atoms with E-state index in [-0.39, 0.29) is 18.9 Å². The minimum Gasteiger partial charge on any atom is -0.472 e. The monoisotopic (exact) mass is 233 g/mol. The van der Waals surface area contributed by atoms with Gasteiger partial charge in [0.2, 0.25) is 5.88 Å². The van der Waals surface area contributed by atoms with Gasteiger partial charge in [-0.15, -0.1) is 0 Å². The first-order valence-electron chi connectivity index (χ1n) is 5.16. The first kappa shape index (κ1) is 11.3. The van der Waals surface area contributed by atoms with Crippen LogP contribution in [0.5, 0.6) is 5.88 Å². The number of halogens is 1. The molecule has 0 saturated carbocycles. The van der Waals surface area contributed by atoms with Crippen molar-refractivity contribution in [2.75, 3.05) is 6.61 Å². The molecule has 1 aliphatic carbocycles. The molecule has 5 heteroatoms. The molecule has 2 N–H and O–H groups in total. The van der Waals surface area contributed by atoms with Gasteiger partial charge in [-0.1, -0.05) is 6.08 Å². The van der Waals surface area contributed by atoms with Crippen LogP contribution in [0.3, 0.4) is 0 Å². The molecule has 88 valence electrons. The van der Waals surface area contributed by atoms with Crippen LogP contribution in [0.4, 0.5) is 4.39 Å². The van der Waals surface area contributed by atoms with Crippen LogP contribution < -0.4 is 10.5 Å². The fourth-order valence-corrected chi connectivity index (χ4v) is 1.39. The molecule has 0 atom stereocenters. The van der Waals surface area contributed by atoms with E-state index in [9.17, 15) is 4.39 Å². The Morgan fingerprint density at radius 3 is 3.06 bits per heavy atom. The maximum atomic E-state index is 13.6. The molecule has 0 spiro atoms. The van der Waals surface area contributed by atoms with Gasteiger partial charge < -0.3 is 10.5 Å². The molecule has 0 fully saturated rings. The Morgan fingerprint density at radius 1 is 1.41 bits per heavy atom. The molecule has 0 unspecified atom stereocenters. The van der Waals surface area contributed by atoms with Gasteiger partial charge in [0, 0.05) is 30.1 Å². The lowest BCUT2D eigenvalue weighted by Crippen LogP contribution is -2.04. The van der Waals surface area contributed by atoms with Crippen molar-refractivity contribution < 1.29 is 9.13 Å². The van der Waals surface area contributed by atoms with Crippen LogP contribution in [0.1, 0.15) is 6.42 Å². The molecular weight excluding hydrogens is 221 g/mol. The Bertz CT molecular complexity index is 480. The highest BCUT2D eigenvalue weighted by atomic mass is 19.1. The lowest BCUT2D eigenvalue weighted by atomic mass is 10.2. The Kier molecular flexibility index (Phi) is 3.49. The molecule has 17 heavy (non-hydrogen) atoms. The Hall–Kier alpha value is -2.17. The summed E-state index contributed by atoms with van der Waals surface area (Å²) in [5.41, 5.74) is 6.58. The first-order chi connectivity index (χ1) is 8.25. The van der Waals surface area contributed by atoms with Gasteiger partial charge in [-0.3, -0.25) is 4.98 Å². The average molecular weight is 233 g/mol. The molecule has 1 aromatic heterocycles. The third-order valence-electron chi connectivity index (χ3n) is 2.21. The van der Waals surface area contributed by atoms with Crippen LogP contribution in [0.2, 0.25) is 0 Å². The number of nitrogens with two attached hydrogens (primary N) is 1. The third-order valence-corrected chi connectivity index (χ3v) is 2.21. The molecule has 0 amide bonds. The third kappa shape index (κ3) is 3.14. The molecular formula is C12H12FN3O.